The number of carbonyl (C=O) groups excluding carboxylic acids is 3. The van der Waals surface area contributed by atoms with Crippen molar-refractivity contribution in [3.8, 4) is 0 Å². The fraction of sp³-hybridized carbons (Fsp3) is 0.625. The second-order valence-electron chi connectivity index (χ2n) is 2.69. The Bertz CT molecular complexity index is 234. The van der Waals surface area contributed by atoms with Crippen molar-refractivity contribution in [3.05, 3.63) is 0 Å². The van der Waals surface area contributed by atoms with E-state index in [1.807, 2.05) is 0 Å². The molecule has 0 fully saturated rings. The molecule has 1 atom stereocenters. The lowest BCUT2D eigenvalue weighted by atomic mass is 10.2. The number of ether oxygens (including phenoxy) is 1. The molecular weight excluding hydrogens is 192 g/mol. The standard InChI is InChI=1S/C8H12O6/c1-5(10)2-3-7(12)14-8(13)6(11)4-9/h6,9,11H,2-4H2,1H3. The summed E-state index contributed by atoms with van der Waals surface area (Å²) in [6, 6.07) is 0. The average Bonchev–Trinajstić information content (AvgIpc) is 2.13. The van der Waals surface area contributed by atoms with Crippen molar-refractivity contribution in [1.29, 1.82) is 0 Å². The first kappa shape index (κ1) is 12.7. The summed E-state index contributed by atoms with van der Waals surface area (Å²) in [6.07, 6.45) is -1.93. The zero-order chi connectivity index (χ0) is 11.1. The molecule has 6 heteroatoms. The normalized spacial score (nSPS) is 11.9. The highest BCUT2D eigenvalue weighted by molar-refractivity contribution is 5.89. The van der Waals surface area contributed by atoms with Crippen LogP contribution in [-0.4, -0.2) is 40.6 Å². The third-order valence-electron chi connectivity index (χ3n) is 1.34. The van der Waals surface area contributed by atoms with Gasteiger partial charge in [0.25, 0.3) is 0 Å². The lowest BCUT2D eigenvalue weighted by Gasteiger charge is -2.05. The molecule has 0 aromatic carbocycles. The van der Waals surface area contributed by atoms with E-state index in [0.717, 1.165) is 0 Å². The molecule has 0 aliphatic carbocycles. The van der Waals surface area contributed by atoms with E-state index in [1.54, 1.807) is 0 Å². The van der Waals surface area contributed by atoms with Gasteiger partial charge in [0.05, 0.1) is 13.0 Å². The molecule has 0 radical (unpaired) electrons. The lowest BCUT2D eigenvalue weighted by Crippen LogP contribution is -2.28. The molecule has 0 rings (SSSR count). The molecular formula is C8H12O6. The van der Waals surface area contributed by atoms with Crippen LogP contribution >= 0.6 is 0 Å². The molecule has 0 bridgehead atoms. The van der Waals surface area contributed by atoms with Gasteiger partial charge in [0.15, 0.2) is 6.10 Å². The largest absolute Gasteiger partial charge is 0.393 e. The maximum Gasteiger partial charge on any atom is 0.345 e. The van der Waals surface area contributed by atoms with Crippen molar-refractivity contribution < 1.29 is 29.3 Å². The van der Waals surface area contributed by atoms with Gasteiger partial charge in [0.1, 0.15) is 5.78 Å². The molecule has 0 aromatic heterocycles. The van der Waals surface area contributed by atoms with E-state index in [9.17, 15) is 14.4 Å². The van der Waals surface area contributed by atoms with Gasteiger partial charge in [-0.15, -0.1) is 0 Å². The zero-order valence-electron chi connectivity index (χ0n) is 7.73. The van der Waals surface area contributed by atoms with Crippen molar-refractivity contribution in [2.24, 2.45) is 0 Å². The van der Waals surface area contributed by atoms with E-state index in [-0.39, 0.29) is 18.6 Å². The molecule has 0 aliphatic heterocycles. The Labute approximate surface area is 80.5 Å². The van der Waals surface area contributed by atoms with Crippen LogP contribution in [0.5, 0.6) is 0 Å². The van der Waals surface area contributed by atoms with Gasteiger partial charge >= 0.3 is 11.9 Å². The first-order valence-electron chi connectivity index (χ1n) is 4.00. The van der Waals surface area contributed by atoms with Gasteiger partial charge in [0, 0.05) is 6.42 Å². The molecule has 0 aromatic rings. The molecule has 14 heavy (non-hydrogen) atoms. The summed E-state index contributed by atoms with van der Waals surface area (Å²) in [5.74, 6) is -2.30. The molecule has 0 amide bonds. The van der Waals surface area contributed by atoms with Crippen molar-refractivity contribution in [2.75, 3.05) is 6.61 Å². The number of esters is 2. The van der Waals surface area contributed by atoms with Crippen LogP contribution in [0.3, 0.4) is 0 Å². The minimum Gasteiger partial charge on any atom is -0.393 e. The van der Waals surface area contributed by atoms with Gasteiger partial charge in [0.2, 0.25) is 0 Å². The molecule has 2 N–H and O–H groups in total. The number of ketones is 1. The lowest BCUT2D eigenvalue weighted by molar-refractivity contribution is -0.167. The smallest absolute Gasteiger partial charge is 0.345 e. The molecule has 1 unspecified atom stereocenters. The summed E-state index contributed by atoms with van der Waals surface area (Å²) in [5, 5.41) is 17.0. The number of rotatable bonds is 5. The molecule has 0 saturated carbocycles. The van der Waals surface area contributed by atoms with Gasteiger partial charge in [-0.2, -0.15) is 0 Å². The van der Waals surface area contributed by atoms with Crippen molar-refractivity contribution in [3.63, 3.8) is 0 Å². The van der Waals surface area contributed by atoms with Gasteiger partial charge in [-0.3, -0.25) is 4.79 Å². The quantitative estimate of drug-likeness (QED) is 0.430. The highest BCUT2D eigenvalue weighted by Gasteiger charge is 2.18. The summed E-state index contributed by atoms with van der Waals surface area (Å²) >= 11 is 0. The fourth-order valence-electron chi connectivity index (χ4n) is 0.584. The topological polar surface area (TPSA) is 101 Å². The number of hydrogen-bond acceptors (Lipinski definition) is 6. The van der Waals surface area contributed by atoms with Gasteiger partial charge in [-0.05, 0) is 6.92 Å². The van der Waals surface area contributed by atoms with E-state index in [4.69, 9.17) is 10.2 Å². The first-order chi connectivity index (χ1) is 6.47. The summed E-state index contributed by atoms with van der Waals surface area (Å²) in [4.78, 5) is 31.9. The maximum atomic E-state index is 10.8. The van der Waals surface area contributed by atoms with Crippen LogP contribution in [0.25, 0.3) is 0 Å². The summed E-state index contributed by atoms with van der Waals surface area (Å²) in [6.45, 7) is 0.497. The van der Waals surface area contributed by atoms with Crippen molar-refractivity contribution in [2.45, 2.75) is 25.9 Å². The van der Waals surface area contributed by atoms with E-state index in [0.29, 0.717) is 0 Å². The number of Topliss-reactive ketones (excluding diaryl/α,β-unsaturated/α-hetero) is 1. The Morgan fingerprint density at radius 3 is 2.29 bits per heavy atom. The van der Waals surface area contributed by atoms with Crippen LogP contribution in [0.1, 0.15) is 19.8 Å². The molecule has 6 nitrogen and oxygen atoms in total. The third-order valence-corrected chi connectivity index (χ3v) is 1.34. The van der Waals surface area contributed by atoms with E-state index in [2.05, 4.69) is 4.74 Å². The van der Waals surface area contributed by atoms with Crippen molar-refractivity contribution >= 4 is 17.7 Å². The SMILES string of the molecule is CC(=O)CCC(=O)OC(=O)C(O)CO. The predicted octanol–water partition coefficient (Wildman–Crippen LogP) is -1.22. The van der Waals surface area contributed by atoms with Crippen LogP contribution in [0.15, 0.2) is 0 Å². The second kappa shape index (κ2) is 6.22. The third kappa shape index (κ3) is 5.39. The Hall–Kier alpha value is -1.27. The highest BCUT2D eigenvalue weighted by Crippen LogP contribution is 1.96. The first-order valence-corrected chi connectivity index (χ1v) is 4.00. The molecule has 0 aliphatic rings. The Balaban J connectivity index is 3.83. The molecule has 0 heterocycles. The van der Waals surface area contributed by atoms with Crippen LogP contribution in [0.4, 0.5) is 0 Å². The number of aliphatic hydroxyl groups is 2. The minimum atomic E-state index is -1.71. The van der Waals surface area contributed by atoms with Crippen LogP contribution in [0.2, 0.25) is 0 Å². The van der Waals surface area contributed by atoms with E-state index in [1.165, 1.54) is 6.92 Å². The Morgan fingerprint density at radius 1 is 1.29 bits per heavy atom. The maximum absolute atomic E-state index is 10.8. The summed E-state index contributed by atoms with van der Waals surface area (Å²) in [7, 11) is 0. The molecule has 0 spiro atoms. The van der Waals surface area contributed by atoms with E-state index < -0.39 is 24.6 Å². The summed E-state index contributed by atoms with van der Waals surface area (Å²) < 4.78 is 4.11. The van der Waals surface area contributed by atoms with E-state index >= 15 is 0 Å². The van der Waals surface area contributed by atoms with Gasteiger partial charge in [-0.25, -0.2) is 4.79 Å². The minimum absolute atomic E-state index is 0.0126. The number of carbonyl (C=O) groups is 3. The van der Waals surface area contributed by atoms with Crippen LogP contribution in [-0.2, 0) is 19.1 Å². The van der Waals surface area contributed by atoms with Crippen LogP contribution < -0.4 is 0 Å². The zero-order valence-corrected chi connectivity index (χ0v) is 7.73. The number of aliphatic hydroxyl groups excluding tert-OH is 2. The van der Waals surface area contributed by atoms with Gasteiger partial charge in [-0.1, -0.05) is 0 Å². The van der Waals surface area contributed by atoms with Crippen LogP contribution in [0, 0.1) is 0 Å². The van der Waals surface area contributed by atoms with Gasteiger partial charge < -0.3 is 19.7 Å². The average molecular weight is 204 g/mol. The van der Waals surface area contributed by atoms with Crippen molar-refractivity contribution in [1.82, 2.24) is 0 Å². The highest BCUT2D eigenvalue weighted by atomic mass is 16.6. The molecule has 80 valence electrons. The Kier molecular flexibility index (Phi) is 5.66. The monoisotopic (exact) mass is 204 g/mol. The molecule has 0 saturated heterocycles. The number of hydrogen-bond donors (Lipinski definition) is 2. The predicted molar refractivity (Wildman–Crippen MR) is 44.1 cm³/mol. The second-order valence-corrected chi connectivity index (χ2v) is 2.69. The fourth-order valence-corrected chi connectivity index (χ4v) is 0.584. The summed E-state index contributed by atoms with van der Waals surface area (Å²) in [5.41, 5.74) is 0. The Morgan fingerprint density at radius 2 is 1.86 bits per heavy atom.